The predicted molar refractivity (Wildman–Crippen MR) is 41.1 cm³/mol. The first-order valence-electron chi connectivity index (χ1n) is 3.65. The second-order valence-corrected chi connectivity index (χ2v) is 2.89. The number of nitrogens with zero attached hydrogens (tertiary/aromatic N) is 4. The second-order valence-electron chi connectivity index (χ2n) is 2.89. The van der Waals surface area contributed by atoms with E-state index in [4.69, 9.17) is 5.53 Å². The van der Waals surface area contributed by atoms with Gasteiger partial charge in [0.05, 0.1) is 12.1 Å². The van der Waals surface area contributed by atoms with Gasteiger partial charge in [-0.3, -0.25) is 0 Å². The molecule has 0 bridgehead atoms. The molecular formula is C6H12N4O. The van der Waals surface area contributed by atoms with E-state index in [-0.39, 0.29) is 6.04 Å². The fourth-order valence-corrected chi connectivity index (χ4v) is 1.26. The molecule has 62 valence electrons. The zero-order valence-corrected chi connectivity index (χ0v) is 6.51. The van der Waals surface area contributed by atoms with Gasteiger partial charge in [-0.15, -0.1) is 0 Å². The fourth-order valence-electron chi connectivity index (χ4n) is 1.26. The van der Waals surface area contributed by atoms with E-state index >= 15 is 0 Å². The lowest BCUT2D eigenvalue weighted by molar-refractivity contribution is 0.0736. The maximum absolute atomic E-state index is 9.33. The molecule has 5 heteroatoms. The third kappa shape index (κ3) is 2.08. The summed E-state index contributed by atoms with van der Waals surface area (Å²) in [7, 11) is 1.95. The van der Waals surface area contributed by atoms with Gasteiger partial charge in [0.15, 0.2) is 0 Å². The third-order valence-corrected chi connectivity index (χ3v) is 1.95. The number of likely N-dealkylation sites (N-methyl/N-ethyl adjacent to an activating group) is 1. The van der Waals surface area contributed by atoms with Crippen LogP contribution in [0, 0.1) is 0 Å². The molecule has 1 heterocycles. The van der Waals surface area contributed by atoms with Crippen LogP contribution in [0.25, 0.3) is 10.4 Å². The van der Waals surface area contributed by atoms with Crippen LogP contribution in [-0.2, 0) is 0 Å². The highest BCUT2D eigenvalue weighted by Gasteiger charge is 2.24. The Morgan fingerprint density at radius 1 is 1.73 bits per heavy atom. The smallest absolute Gasteiger partial charge is 0.0760 e. The molecule has 1 saturated heterocycles. The topological polar surface area (TPSA) is 72.2 Å². The SMILES string of the molecule is CN1CC[C@@H](O)[C@H](N=[N+]=[N-])C1. The van der Waals surface area contributed by atoms with Crippen molar-refractivity contribution in [1.29, 1.82) is 0 Å². The second kappa shape index (κ2) is 3.57. The minimum Gasteiger partial charge on any atom is -0.393 e. The minimum absolute atomic E-state index is 0.265. The summed E-state index contributed by atoms with van der Waals surface area (Å²) in [6, 6.07) is -0.265. The van der Waals surface area contributed by atoms with Crippen molar-refractivity contribution in [2.75, 3.05) is 20.1 Å². The Labute approximate surface area is 65.2 Å². The summed E-state index contributed by atoms with van der Waals surface area (Å²) >= 11 is 0. The Morgan fingerprint density at radius 3 is 3.09 bits per heavy atom. The van der Waals surface area contributed by atoms with Crippen molar-refractivity contribution in [2.24, 2.45) is 5.11 Å². The number of hydrogen-bond donors (Lipinski definition) is 1. The first-order valence-corrected chi connectivity index (χ1v) is 3.65. The molecule has 5 nitrogen and oxygen atoms in total. The summed E-state index contributed by atoms with van der Waals surface area (Å²) in [6.07, 6.45) is 0.238. The molecule has 1 fully saturated rings. The van der Waals surface area contributed by atoms with Crippen molar-refractivity contribution in [2.45, 2.75) is 18.6 Å². The van der Waals surface area contributed by atoms with E-state index in [0.717, 1.165) is 6.54 Å². The van der Waals surface area contributed by atoms with Crippen LogP contribution in [0.2, 0.25) is 0 Å². The normalized spacial score (nSPS) is 32.9. The zero-order valence-electron chi connectivity index (χ0n) is 6.51. The molecule has 11 heavy (non-hydrogen) atoms. The highest BCUT2D eigenvalue weighted by atomic mass is 16.3. The van der Waals surface area contributed by atoms with E-state index in [9.17, 15) is 5.11 Å². The van der Waals surface area contributed by atoms with E-state index in [2.05, 4.69) is 10.0 Å². The van der Waals surface area contributed by atoms with Crippen LogP contribution >= 0.6 is 0 Å². The van der Waals surface area contributed by atoms with Crippen molar-refractivity contribution in [1.82, 2.24) is 4.90 Å². The summed E-state index contributed by atoms with van der Waals surface area (Å²) in [5.74, 6) is 0. The molecule has 0 aromatic carbocycles. The van der Waals surface area contributed by atoms with Gasteiger partial charge in [-0.05, 0) is 19.0 Å². The molecule has 2 atom stereocenters. The molecule has 0 amide bonds. The average Bonchev–Trinajstić information content (AvgIpc) is 1.98. The van der Waals surface area contributed by atoms with Gasteiger partial charge in [-0.2, -0.15) is 0 Å². The van der Waals surface area contributed by atoms with Gasteiger partial charge in [0.2, 0.25) is 0 Å². The standard InChI is InChI=1S/C6H12N4O/c1-10-3-2-6(11)5(4-10)8-9-7/h5-6,11H,2-4H2,1H3/t5-,6-/m1/s1. The van der Waals surface area contributed by atoms with E-state index in [1.807, 2.05) is 11.9 Å². The average molecular weight is 156 g/mol. The Morgan fingerprint density at radius 2 is 2.45 bits per heavy atom. The predicted octanol–water partition coefficient (Wildman–Crippen LogP) is 0.362. The molecule has 0 saturated carbocycles. The molecule has 0 aromatic rings. The lowest BCUT2D eigenvalue weighted by Gasteiger charge is -2.30. The Kier molecular flexibility index (Phi) is 2.70. The van der Waals surface area contributed by atoms with Crippen LogP contribution in [0.1, 0.15) is 6.42 Å². The van der Waals surface area contributed by atoms with E-state index in [0.29, 0.717) is 13.0 Å². The molecule has 0 spiro atoms. The summed E-state index contributed by atoms with van der Waals surface area (Å²) in [6.45, 7) is 1.53. The molecular weight excluding hydrogens is 144 g/mol. The number of aliphatic hydroxyl groups excluding tert-OH is 1. The molecule has 0 radical (unpaired) electrons. The van der Waals surface area contributed by atoms with Crippen LogP contribution in [0.15, 0.2) is 5.11 Å². The molecule has 1 aliphatic heterocycles. The van der Waals surface area contributed by atoms with Crippen molar-refractivity contribution < 1.29 is 5.11 Å². The zero-order chi connectivity index (χ0) is 8.27. The number of piperidine rings is 1. The highest BCUT2D eigenvalue weighted by Crippen LogP contribution is 2.12. The van der Waals surface area contributed by atoms with Gasteiger partial charge >= 0.3 is 0 Å². The Balaban J connectivity index is 2.53. The maximum Gasteiger partial charge on any atom is 0.0760 e. The summed E-state index contributed by atoms with van der Waals surface area (Å²) in [5, 5.41) is 12.8. The lowest BCUT2D eigenvalue weighted by atomic mass is 10.0. The Hall–Kier alpha value is -0.770. The van der Waals surface area contributed by atoms with Crippen LogP contribution in [0.5, 0.6) is 0 Å². The number of aliphatic hydroxyl groups is 1. The van der Waals surface area contributed by atoms with Crippen LogP contribution in [0.4, 0.5) is 0 Å². The monoisotopic (exact) mass is 156 g/mol. The first-order chi connectivity index (χ1) is 5.24. The van der Waals surface area contributed by atoms with Crippen LogP contribution in [0.3, 0.4) is 0 Å². The third-order valence-electron chi connectivity index (χ3n) is 1.95. The van der Waals surface area contributed by atoms with Gasteiger partial charge in [0.1, 0.15) is 0 Å². The maximum atomic E-state index is 9.33. The number of likely N-dealkylation sites (tertiary alicyclic amines) is 1. The van der Waals surface area contributed by atoms with Crippen LogP contribution in [-0.4, -0.2) is 42.3 Å². The molecule has 0 unspecified atom stereocenters. The van der Waals surface area contributed by atoms with Crippen molar-refractivity contribution in [3.63, 3.8) is 0 Å². The van der Waals surface area contributed by atoms with E-state index < -0.39 is 6.10 Å². The number of azide groups is 1. The highest BCUT2D eigenvalue weighted by molar-refractivity contribution is 4.83. The van der Waals surface area contributed by atoms with Gasteiger partial charge in [0, 0.05) is 18.0 Å². The van der Waals surface area contributed by atoms with Gasteiger partial charge in [-0.1, -0.05) is 5.11 Å². The van der Waals surface area contributed by atoms with Gasteiger partial charge in [-0.25, -0.2) is 0 Å². The van der Waals surface area contributed by atoms with Crippen LogP contribution < -0.4 is 0 Å². The summed E-state index contributed by atoms with van der Waals surface area (Å²) < 4.78 is 0. The van der Waals surface area contributed by atoms with Crippen molar-refractivity contribution in [3.8, 4) is 0 Å². The molecule has 1 N–H and O–H groups in total. The van der Waals surface area contributed by atoms with Crippen molar-refractivity contribution in [3.05, 3.63) is 10.4 Å². The minimum atomic E-state index is -0.456. The van der Waals surface area contributed by atoms with E-state index in [1.54, 1.807) is 0 Å². The summed E-state index contributed by atoms with van der Waals surface area (Å²) in [4.78, 5) is 4.73. The Bertz CT molecular complexity index is 177. The van der Waals surface area contributed by atoms with Crippen molar-refractivity contribution >= 4 is 0 Å². The fraction of sp³-hybridized carbons (Fsp3) is 1.00. The first kappa shape index (κ1) is 8.33. The molecule has 1 aliphatic rings. The summed E-state index contributed by atoms with van der Waals surface area (Å²) in [5.41, 5.74) is 8.15. The van der Waals surface area contributed by atoms with Gasteiger partial charge < -0.3 is 10.0 Å². The molecule has 0 aliphatic carbocycles. The molecule has 1 rings (SSSR count). The van der Waals surface area contributed by atoms with Gasteiger partial charge in [0.25, 0.3) is 0 Å². The quantitative estimate of drug-likeness (QED) is 0.338. The largest absolute Gasteiger partial charge is 0.393 e. The number of hydrogen-bond acceptors (Lipinski definition) is 3. The number of rotatable bonds is 1. The molecule has 0 aromatic heterocycles. The van der Waals surface area contributed by atoms with E-state index in [1.165, 1.54) is 0 Å². The lowest BCUT2D eigenvalue weighted by Crippen LogP contribution is -2.43.